The van der Waals surface area contributed by atoms with Crippen LogP contribution in [0, 0.1) is 0 Å². The summed E-state index contributed by atoms with van der Waals surface area (Å²) in [4.78, 5) is 22.3. The van der Waals surface area contributed by atoms with E-state index in [0.717, 1.165) is 16.8 Å². The number of aromatic hydroxyl groups is 2. The number of aromatic nitrogens is 2. The van der Waals surface area contributed by atoms with Gasteiger partial charge >= 0.3 is 0 Å². The van der Waals surface area contributed by atoms with Gasteiger partial charge in [0.25, 0.3) is 5.56 Å². The molecule has 0 spiro atoms. The molecule has 0 saturated heterocycles. The maximum Gasteiger partial charge on any atom is 0.255 e. The molecule has 4 rings (SSSR count). The maximum atomic E-state index is 12.7. The molecule has 1 aliphatic heterocycles. The SMILES string of the molecule is COc1cc(CN2CCc3nc(-c4ccc(Cl)cc4)[nH]c(=O)c3C2)cc(O)c1O. The Morgan fingerprint density at radius 3 is 2.72 bits per heavy atom. The fraction of sp³-hybridized carbons (Fsp3) is 0.238. The Morgan fingerprint density at radius 1 is 1.24 bits per heavy atom. The van der Waals surface area contributed by atoms with Crippen LogP contribution in [-0.2, 0) is 19.5 Å². The fourth-order valence-electron chi connectivity index (χ4n) is 3.51. The van der Waals surface area contributed by atoms with Gasteiger partial charge in [0.05, 0.1) is 18.4 Å². The van der Waals surface area contributed by atoms with E-state index >= 15 is 0 Å². The van der Waals surface area contributed by atoms with E-state index in [4.69, 9.17) is 16.3 Å². The van der Waals surface area contributed by atoms with Crippen LogP contribution in [0.25, 0.3) is 11.4 Å². The van der Waals surface area contributed by atoms with Crippen LogP contribution in [-0.4, -0.2) is 38.7 Å². The Kier molecular flexibility index (Phi) is 5.17. The summed E-state index contributed by atoms with van der Waals surface area (Å²) in [5.74, 6) is 0.232. The molecule has 2 aromatic carbocycles. The van der Waals surface area contributed by atoms with Crippen LogP contribution in [0.3, 0.4) is 0 Å². The summed E-state index contributed by atoms with van der Waals surface area (Å²) >= 11 is 5.93. The first-order valence-electron chi connectivity index (χ1n) is 9.14. The number of fused-ring (bicyclic) bond motifs is 1. The van der Waals surface area contributed by atoms with Gasteiger partial charge in [-0.15, -0.1) is 0 Å². The van der Waals surface area contributed by atoms with Crippen LogP contribution in [0.5, 0.6) is 17.2 Å². The van der Waals surface area contributed by atoms with Gasteiger partial charge in [0.15, 0.2) is 11.5 Å². The highest BCUT2D eigenvalue weighted by molar-refractivity contribution is 6.30. The van der Waals surface area contributed by atoms with Crippen molar-refractivity contribution in [3.8, 4) is 28.6 Å². The summed E-state index contributed by atoms with van der Waals surface area (Å²) in [6.07, 6.45) is 0.640. The van der Waals surface area contributed by atoms with E-state index in [1.165, 1.54) is 13.2 Å². The lowest BCUT2D eigenvalue weighted by Gasteiger charge is -2.28. The average molecular weight is 414 g/mol. The maximum absolute atomic E-state index is 12.7. The number of methoxy groups -OCH3 is 1. The predicted molar refractivity (Wildman–Crippen MR) is 109 cm³/mol. The molecule has 0 atom stereocenters. The van der Waals surface area contributed by atoms with Crippen LogP contribution in [0.15, 0.2) is 41.2 Å². The van der Waals surface area contributed by atoms with Crippen molar-refractivity contribution >= 4 is 11.6 Å². The molecule has 0 radical (unpaired) electrons. The second-order valence-corrected chi connectivity index (χ2v) is 7.41. The summed E-state index contributed by atoms with van der Waals surface area (Å²) in [5, 5.41) is 20.3. The molecule has 3 N–H and O–H groups in total. The van der Waals surface area contributed by atoms with Gasteiger partial charge in [-0.1, -0.05) is 11.6 Å². The topological polar surface area (TPSA) is 98.7 Å². The normalized spacial score (nSPS) is 13.9. The molecule has 29 heavy (non-hydrogen) atoms. The van der Waals surface area contributed by atoms with E-state index in [0.29, 0.717) is 42.5 Å². The van der Waals surface area contributed by atoms with Crippen molar-refractivity contribution in [2.45, 2.75) is 19.5 Å². The molecule has 1 aromatic heterocycles. The van der Waals surface area contributed by atoms with E-state index in [1.807, 2.05) is 12.1 Å². The number of nitrogens with zero attached hydrogens (tertiary/aromatic N) is 2. The Balaban J connectivity index is 1.57. The lowest BCUT2D eigenvalue weighted by molar-refractivity contribution is 0.241. The van der Waals surface area contributed by atoms with E-state index in [9.17, 15) is 15.0 Å². The number of hydrogen-bond acceptors (Lipinski definition) is 6. The number of halogens is 1. The summed E-state index contributed by atoms with van der Waals surface area (Å²) in [5.41, 5.74) is 2.87. The standard InChI is InChI=1S/C21H20ClN3O4/c1-29-18-9-12(8-17(26)19(18)27)10-25-7-6-16-15(11-25)21(28)24-20(23-16)13-2-4-14(22)5-3-13/h2-5,8-9,26-27H,6-7,10-11H2,1H3,(H,23,24,28). The molecular weight excluding hydrogens is 394 g/mol. The molecule has 1 aliphatic rings. The molecule has 0 bridgehead atoms. The zero-order valence-electron chi connectivity index (χ0n) is 15.8. The number of nitrogens with one attached hydrogen (secondary N) is 1. The highest BCUT2D eigenvalue weighted by Gasteiger charge is 2.22. The largest absolute Gasteiger partial charge is 0.504 e. The van der Waals surface area contributed by atoms with Crippen LogP contribution in [0.4, 0.5) is 0 Å². The number of ether oxygens (including phenoxy) is 1. The zero-order valence-corrected chi connectivity index (χ0v) is 16.5. The first kappa shape index (κ1) is 19.3. The Bertz CT molecular complexity index is 1110. The molecule has 7 nitrogen and oxygen atoms in total. The highest BCUT2D eigenvalue weighted by atomic mass is 35.5. The van der Waals surface area contributed by atoms with Gasteiger partial charge in [-0.2, -0.15) is 0 Å². The monoisotopic (exact) mass is 413 g/mol. The highest BCUT2D eigenvalue weighted by Crippen LogP contribution is 2.36. The first-order chi connectivity index (χ1) is 13.9. The summed E-state index contributed by atoms with van der Waals surface area (Å²) in [7, 11) is 1.43. The third-order valence-corrected chi connectivity index (χ3v) is 5.26. The van der Waals surface area contributed by atoms with Crippen molar-refractivity contribution in [3.63, 3.8) is 0 Å². The second-order valence-electron chi connectivity index (χ2n) is 6.97. The molecule has 0 fully saturated rings. The minimum Gasteiger partial charge on any atom is -0.504 e. The first-order valence-corrected chi connectivity index (χ1v) is 9.51. The zero-order chi connectivity index (χ0) is 20.5. The number of phenolic OH excluding ortho intramolecular Hbond substituents is 2. The lowest BCUT2D eigenvalue weighted by Crippen LogP contribution is -2.35. The van der Waals surface area contributed by atoms with Gasteiger partial charge < -0.3 is 19.9 Å². The van der Waals surface area contributed by atoms with Gasteiger partial charge in [-0.05, 0) is 42.0 Å². The number of benzene rings is 2. The molecule has 150 valence electrons. The fourth-order valence-corrected chi connectivity index (χ4v) is 3.64. The number of aromatic amines is 1. The minimum atomic E-state index is -0.282. The minimum absolute atomic E-state index is 0.157. The number of H-pyrrole nitrogens is 1. The molecule has 2 heterocycles. The van der Waals surface area contributed by atoms with Crippen LogP contribution < -0.4 is 10.3 Å². The van der Waals surface area contributed by atoms with Gasteiger partial charge in [0, 0.05) is 36.6 Å². The third-order valence-electron chi connectivity index (χ3n) is 5.01. The summed E-state index contributed by atoms with van der Waals surface area (Å²) in [6, 6.07) is 10.4. The molecule has 0 saturated carbocycles. The van der Waals surface area contributed by atoms with Crippen molar-refractivity contribution < 1.29 is 14.9 Å². The molecule has 0 amide bonds. The lowest BCUT2D eigenvalue weighted by atomic mass is 10.0. The number of hydrogen-bond donors (Lipinski definition) is 3. The molecule has 0 aliphatic carbocycles. The van der Waals surface area contributed by atoms with E-state index in [1.54, 1.807) is 18.2 Å². The molecule has 3 aromatic rings. The van der Waals surface area contributed by atoms with Crippen molar-refractivity contribution in [1.82, 2.24) is 14.9 Å². The second kappa shape index (κ2) is 7.77. The van der Waals surface area contributed by atoms with E-state index < -0.39 is 0 Å². The van der Waals surface area contributed by atoms with Crippen LogP contribution in [0.2, 0.25) is 5.02 Å². The molecular formula is C21H20ClN3O4. The van der Waals surface area contributed by atoms with Crippen LogP contribution >= 0.6 is 11.6 Å². The van der Waals surface area contributed by atoms with Gasteiger partial charge in [-0.3, -0.25) is 9.69 Å². The number of rotatable bonds is 4. The van der Waals surface area contributed by atoms with E-state index in [-0.39, 0.29) is 22.8 Å². The van der Waals surface area contributed by atoms with Crippen molar-refractivity contribution in [3.05, 3.63) is 68.6 Å². The smallest absolute Gasteiger partial charge is 0.255 e. The summed E-state index contributed by atoms with van der Waals surface area (Å²) < 4.78 is 5.09. The predicted octanol–water partition coefficient (Wildman–Crippen LogP) is 3.07. The average Bonchev–Trinajstić information content (AvgIpc) is 2.71. The Hall–Kier alpha value is -3.03. The third kappa shape index (κ3) is 3.92. The van der Waals surface area contributed by atoms with Gasteiger partial charge in [0.1, 0.15) is 5.82 Å². The van der Waals surface area contributed by atoms with Crippen LogP contribution in [0.1, 0.15) is 16.8 Å². The summed E-state index contributed by atoms with van der Waals surface area (Å²) in [6.45, 7) is 1.66. The van der Waals surface area contributed by atoms with Gasteiger partial charge in [-0.25, -0.2) is 4.98 Å². The Labute approximate surface area is 172 Å². The molecule has 0 unspecified atom stereocenters. The number of phenols is 2. The molecule has 8 heteroatoms. The quantitative estimate of drug-likeness (QED) is 0.568. The van der Waals surface area contributed by atoms with E-state index in [2.05, 4.69) is 14.9 Å². The Morgan fingerprint density at radius 2 is 2.00 bits per heavy atom. The van der Waals surface area contributed by atoms with Crippen molar-refractivity contribution in [2.75, 3.05) is 13.7 Å². The van der Waals surface area contributed by atoms with Crippen molar-refractivity contribution in [2.24, 2.45) is 0 Å². The van der Waals surface area contributed by atoms with Crippen molar-refractivity contribution in [1.29, 1.82) is 0 Å². The van der Waals surface area contributed by atoms with Gasteiger partial charge in [0.2, 0.25) is 5.75 Å².